The molecular formula is C13H22O5. The van der Waals surface area contributed by atoms with E-state index in [9.17, 15) is 14.7 Å². The molecule has 0 aliphatic heterocycles. The van der Waals surface area contributed by atoms with Gasteiger partial charge in [0.25, 0.3) is 0 Å². The van der Waals surface area contributed by atoms with E-state index in [2.05, 4.69) is 0 Å². The Hall–Kier alpha value is -1.10. The van der Waals surface area contributed by atoms with Crippen molar-refractivity contribution >= 4 is 11.9 Å². The zero-order chi connectivity index (χ0) is 13.8. The van der Waals surface area contributed by atoms with Crippen LogP contribution < -0.4 is 0 Å². The van der Waals surface area contributed by atoms with E-state index in [4.69, 9.17) is 9.47 Å². The molecule has 5 heteroatoms. The van der Waals surface area contributed by atoms with Crippen molar-refractivity contribution in [2.75, 3.05) is 19.8 Å². The molecule has 0 heterocycles. The minimum Gasteiger partial charge on any atom is -0.480 e. The van der Waals surface area contributed by atoms with Crippen LogP contribution in [0.2, 0.25) is 0 Å². The zero-order valence-corrected chi connectivity index (χ0v) is 11.3. The Morgan fingerprint density at radius 1 is 1.39 bits per heavy atom. The summed E-state index contributed by atoms with van der Waals surface area (Å²) >= 11 is 0. The topological polar surface area (TPSA) is 72.8 Å². The quantitative estimate of drug-likeness (QED) is 0.530. The largest absolute Gasteiger partial charge is 0.480 e. The molecule has 1 saturated carbocycles. The summed E-state index contributed by atoms with van der Waals surface area (Å²) in [5.41, 5.74) is -1.59. The molecule has 5 nitrogen and oxygen atoms in total. The van der Waals surface area contributed by atoms with Crippen LogP contribution in [0.25, 0.3) is 0 Å². The average Bonchev–Trinajstić information content (AvgIpc) is 3.07. The number of rotatable bonds is 8. The zero-order valence-electron chi connectivity index (χ0n) is 11.3. The van der Waals surface area contributed by atoms with Crippen molar-refractivity contribution in [1.82, 2.24) is 0 Å². The van der Waals surface area contributed by atoms with Gasteiger partial charge in [0.15, 0.2) is 5.41 Å². The summed E-state index contributed by atoms with van der Waals surface area (Å²) in [6.07, 6.45) is 2.25. The van der Waals surface area contributed by atoms with Gasteiger partial charge in [-0.3, -0.25) is 9.59 Å². The fourth-order valence-electron chi connectivity index (χ4n) is 1.79. The molecular weight excluding hydrogens is 236 g/mol. The molecule has 0 saturated heterocycles. The molecule has 0 spiro atoms. The number of carbonyl (C=O) groups excluding carboxylic acids is 1. The van der Waals surface area contributed by atoms with E-state index in [1.165, 1.54) is 0 Å². The van der Waals surface area contributed by atoms with E-state index in [1.54, 1.807) is 20.8 Å². The first-order valence-corrected chi connectivity index (χ1v) is 6.43. The Bertz CT molecular complexity index is 309. The van der Waals surface area contributed by atoms with E-state index in [0.717, 1.165) is 12.8 Å². The van der Waals surface area contributed by atoms with Gasteiger partial charge in [-0.1, -0.05) is 13.8 Å². The lowest BCUT2D eigenvalue weighted by Crippen LogP contribution is -2.48. The number of aliphatic carboxylic acids is 1. The average molecular weight is 258 g/mol. The third kappa shape index (κ3) is 3.22. The van der Waals surface area contributed by atoms with Gasteiger partial charge in [-0.2, -0.15) is 0 Å². The van der Waals surface area contributed by atoms with Crippen molar-refractivity contribution in [2.45, 2.75) is 33.6 Å². The van der Waals surface area contributed by atoms with Crippen LogP contribution in [0.1, 0.15) is 33.6 Å². The monoisotopic (exact) mass is 258 g/mol. The molecule has 1 aliphatic carbocycles. The van der Waals surface area contributed by atoms with Crippen LogP contribution in [0, 0.1) is 17.3 Å². The third-order valence-corrected chi connectivity index (χ3v) is 3.39. The number of carbonyl (C=O) groups is 2. The fraction of sp³-hybridized carbons (Fsp3) is 0.846. The van der Waals surface area contributed by atoms with Crippen LogP contribution >= 0.6 is 0 Å². The number of esters is 1. The Labute approximate surface area is 107 Å². The lowest BCUT2D eigenvalue weighted by atomic mass is 9.78. The maximum absolute atomic E-state index is 12.0. The van der Waals surface area contributed by atoms with Crippen molar-refractivity contribution in [1.29, 1.82) is 0 Å². The second-order valence-corrected chi connectivity index (χ2v) is 5.11. The predicted molar refractivity (Wildman–Crippen MR) is 65.1 cm³/mol. The summed E-state index contributed by atoms with van der Waals surface area (Å²) in [5.74, 6) is -1.73. The Morgan fingerprint density at radius 2 is 2.00 bits per heavy atom. The summed E-state index contributed by atoms with van der Waals surface area (Å²) in [6.45, 7) is 5.65. The summed E-state index contributed by atoms with van der Waals surface area (Å²) in [6, 6.07) is 0. The molecule has 0 amide bonds. The summed E-state index contributed by atoms with van der Waals surface area (Å²) in [7, 11) is 0. The first-order valence-electron chi connectivity index (χ1n) is 6.43. The Morgan fingerprint density at radius 3 is 2.39 bits per heavy atom. The SMILES string of the molecule is CCOC(=O)C(COCC1CC1)(C(=O)O)C(C)C. The van der Waals surface area contributed by atoms with E-state index in [0.29, 0.717) is 12.5 Å². The minimum atomic E-state index is -1.59. The Balaban J connectivity index is 2.74. The molecule has 1 aliphatic rings. The van der Waals surface area contributed by atoms with E-state index in [-0.39, 0.29) is 19.1 Å². The van der Waals surface area contributed by atoms with Gasteiger partial charge in [-0.05, 0) is 31.6 Å². The highest BCUT2D eigenvalue weighted by molar-refractivity contribution is 5.99. The van der Waals surface area contributed by atoms with Crippen LogP contribution in [0.5, 0.6) is 0 Å². The molecule has 1 rings (SSSR count). The second kappa shape index (κ2) is 6.18. The number of ether oxygens (including phenoxy) is 2. The molecule has 1 N–H and O–H groups in total. The first kappa shape index (κ1) is 15.0. The molecule has 0 radical (unpaired) electrons. The molecule has 1 fully saturated rings. The van der Waals surface area contributed by atoms with Gasteiger partial charge in [-0.25, -0.2) is 0 Å². The maximum atomic E-state index is 12.0. The minimum absolute atomic E-state index is 0.116. The summed E-state index contributed by atoms with van der Waals surface area (Å²) in [5, 5.41) is 9.39. The Kier molecular flexibility index (Phi) is 5.14. The van der Waals surface area contributed by atoms with Crippen LogP contribution in [0.3, 0.4) is 0 Å². The van der Waals surface area contributed by atoms with E-state index >= 15 is 0 Å². The van der Waals surface area contributed by atoms with Gasteiger partial charge in [0.1, 0.15) is 0 Å². The van der Waals surface area contributed by atoms with Gasteiger partial charge in [0, 0.05) is 6.61 Å². The molecule has 0 aromatic carbocycles. The number of carboxylic acid groups (broad SMARTS) is 1. The van der Waals surface area contributed by atoms with Crippen molar-refractivity contribution in [3.05, 3.63) is 0 Å². The fourth-order valence-corrected chi connectivity index (χ4v) is 1.79. The molecule has 1 unspecified atom stereocenters. The maximum Gasteiger partial charge on any atom is 0.326 e. The van der Waals surface area contributed by atoms with Crippen molar-refractivity contribution in [3.8, 4) is 0 Å². The number of hydrogen-bond donors (Lipinski definition) is 1. The first-order chi connectivity index (χ1) is 8.45. The highest BCUT2D eigenvalue weighted by Gasteiger charge is 2.51. The molecule has 1 atom stereocenters. The summed E-state index contributed by atoms with van der Waals surface area (Å²) in [4.78, 5) is 23.4. The van der Waals surface area contributed by atoms with Gasteiger partial charge >= 0.3 is 11.9 Å². The molecule has 0 aromatic heterocycles. The highest BCUT2D eigenvalue weighted by atomic mass is 16.5. The molecule has 18 heavy (non-hydrogen) atoms. The predicted octanol–water partition coefficient (Wildman–Crippen LogP) is 1.70. The van der Waals surface area contributed by atoms with E-state index < -0.39 is 17.4 Å². The van der Waals surface area contributed by atoms with Crippen LogP contribution in [-0.4, -0.2) is 36.9 Å². The van der Waals surface area contributed by atoms with Crippen LogP contribution in [0.15, 0.2) is 0 Å². The normalized spacial score (nSPS) is 18.4. The van der Waals surface area contributed by atoms with Gasteiger partial charge in [0.05, 0.1) is 13.2 Å². The third-order valence-electron chi connectivity index (χ3n) is 3.39. The van der Waals surface area contributed by atoms with Crippen LogP contribution in [0.4, 0.5) is 0 Å². The lowest BCUT2D eigenvalue weighted by molar-refractivity contribution is -0.178. The number of carboxylic acids is 1. The summed E-state index contributed by atoms with van der Waals surface area (Å²) < 4.78 is 10.3. The smallest absolute Gasteiger partial charge is 0.326 e. The van der Waals surface area contributed by atoms with Gasteiger partial charge in [0.2, 0.25) is 0 Å². The highest BCUT2D eigenvalue weighted by Crippen LogP contribution is 2.33. The lowest BCUT2D eigenvalue weighted by Gasteiger charge is -2.30. The van der Waals surface area contributed by atoms with Crippen molar-refractivity contribution < 1.29 is 24.2 Å². The van der Waals surface area contributed by atoms with Crippen LogP contribution in [-0.2, 0) is 19.1 Å². The molecule has 0 aromatic rings. The van der Waals surface area contributed by atoms with Gasteiger partial charge in [-0.15, -0.1) is 0 Å². The number of hydrogen-bond acceptors (Lipinski definition) is 4. The van der Waals surface area contributed by atoms with Crippen molar-refractivity contribution in [2.24, 2.45) is 17.3 Å². The van der Waals surface area contributed by atoms with E-state index in [1.807, 2.05) is 0 Å². The standard InChI is InChI=1S/C13H22O5/c1-4-18-12(16)13(9(2)3,11(14)15)8-17-7-10-5-6-10/h9-10H,4-8H2,1-3H3,(H,14,15). The second-order valence-electron chi connectivity index (χ2n) is 5.11. The van der Waals surface area contributed by atoms with Gasteiger partial charge < -0.3 is 14.6 Å². The molecule has 104 valence electrons. The molecule has 0 bridgehead atoms. The van der Waals surface area contributed by atoms with Crippen molar-refractivity contribution in [3.63, 3.8) is 0 Å².